The Morgan fingerprint density at radius 3 is 2.55 bits per heavy atom. The number of benzene rings is 2. The maximum atomic E-state index is 13.9. The number of anilines is 1. The summed E-state index contributed by atoms with van der Waals surface area (Å²) in [5.74, 6) is 1.12. The van der Waals surface area contributed by atoms with E-state index < -0.39 is 5.54 Å². The fourth-order valence-corrected chi connectivity index (χ4v) is 5.17. The number of amides is 1. The van der Waals surface area contributed by atoms with Gasteiger partial charge in [0.1, 0.15) is 35.0 Å². The Bertz CT molecular complexity index is 1710. The number of fused-ring (bicyclic) bond motifs is 1. The Morgan fingerprint density at radius 1 is 1.12 bits per heavy atom. The molecule has 1 saturated carbocycles. The van der Waals surface area contributed by atoms with Crippen LogP contribution in [-0.2, 0) is 11.3 Å². The molecule has 3 heterocycles. The van der Waals surface area contributed by atoms with Crippen molar-refractivity contribution in [1.82, 2.24) is 24.0 Å². The van der Waals surface area contributed by atoms with Crippen molar-refractivity contribution >= 4 is 22.9 Å². The SMILES string of the molecule is N#CC(=CC1(N)CC1)C(=O)N1CCC[C@H]1Cn1c(=O)n(-c2ccc(Oc3ccccc3)cc2)c2c(N)ncnc21. The van der Waals surface area contributed by atoms with Crippen LogP contribution in [-0.4, -0.2) is 48.0 Å². The molecule has 4 aromatic rings. The molecule has 1 atom stereocenters. The van der Waals surface area contributed by atoms with Gasteiger partial charge >= 0.3 is 5.69 Å². The van der Waals surface area contributed by atoms with Gasteiger partial charge in [-0.3, -0.25) is 13.9 Å². The molecule has 1 saturated heterocycles. The van der Waals surface area contributed by atoms with E-state index in [-0.39, 0.29) is 35.6 Å². The second kappa shape index (κ2) is 9.98. The largest absolute Gasteiger partial charge is 0.457 e. The second-order valence-corrected chi connectivity index (χ2v) is 10.3. The Balaban J connectivity index is 1.33. The Morgan fingerprint density at radius 2 is 1.85 bits per heavy atom. The number of nitriles is 1. The molecule has 2 aromatic heterocycles. The molecule has 1 aliphatic heterocycles. The number of hydrogen-bond acceptors (Lipinski definition) is 8. The Kier molecular flexibility index (Phi) is 6.32. The zero-order valence-electron chi connectivity index (χ0n) is 21.7. The van der Waals surface area contributed by atoms with E-state index in [2.05, 4.69) is 9.97 Å². The molecule has 2 aromatic carbocycles. The molecular weight excluding hydrogens is 508 g/mol. The summed E-state index contributed by atoms with van der Waals surface area (Å²) in [5, 5.41) is 9.65. The number of likely N-dealkylation sites (tertiary alicyclic amines) is 1. The van der Waals surface area contributed by atoms with Crippen molar-refractivity contribution in [2.75, 3.05) is 12.3 Å². The quantitative estimate of drug-likeness (QED) is 0.269. The lowest BCUT2D eigenvalue weighted by molar-refractivity contribution is -0.127. The minimum absolute atomic E-state index is 0.0473. The van der Waals surface area contributed by atoms with Gasteiger partial charge in [0, 0.05) is 18.6 Å². The van der Waals surface area contributed by atoms with E-state index in [1.165, 1.54) is 15.5 Å². The van der Waals surface area contributed by atoms with Gasteiger partial charge in [0.05, 0.1) is 11.7 Å². The lowest BCUT2D eigenvalue weighted by atomic mass is 10.1. The number of nitrogen functional groups attached to an aromatic ring is 1. The molecule has 1 amide bonds. The number of nitrogens with two attached hydrogens (primary N) is 2. The number of carbonyl (C=O) groups is 1. The number of nitrogens with zero attached hydrogens (tertiary/aromatic N) is 6. The van der Waals surface area contributed by atoms with Crippen molar-refractivity contribution in [3.63, 3.8) is 0 Å². The number of para-hydroxylation sites is 1. The normalized spacial score (nSPS) is 18.1. The minimum atomic E-state index is -0.573. The summed E-state index contributed by atoms with van der Waals surface area (Å²) >= 11 is 0. The summed E-state index contributed by atoms with van der Waals surface area (Å²) in [7, 11) is 0. The third-order valence-electron chi connectivity index (χ3n) is 7.45. The van der Waals surface area contributed by atoms with Gasteiger partial charge in [-0.15, -0.1) is 0 Å². The molecule has 0 bridgehead atoms. The lowest BCUT2D eigenvalue weighted by Gasteiger charge is -2.25. The summed E-state index contributed by atoms with van der Waals surface area (Å²) in [6.07, 6.45) is 5.86. The van der Waals surface area contributed by atoms with Crippen LogP contribution >= 0.6 is 0 Å². The van der Waals surface area contributed by atoms with Gasteiger partial charge in [0.25, 0.3) is 5.91 Å². The standard InChI is InChI=1S/C29H28N8O3/c30-16-19(15-29(32)12-13-29)27(38)35-14-4-5-21(35)17-36-26-24(25(31)33-18-34-26)37(28(36)39)20-8-10-23(11-9-20)40-22-6-2-1-3-7-22/h1-3,6-11,15,18,21H,4-5,12-14,17,32H2,(H2,31,33,34)/t21-/m0/s1. The number of ether oxygens (including phenoxy) is 1. The maximum Gasteiger partial charge on any atom is 0.335 e. The zero-order valence-corrected chi connectivity index (χ0v) is 21.7. The molecule has 11 heteroatoms. The number of aromatic nitrogens is 4. The van der Waals surface area contributed by atoms with Crippen LogP contribution in [0.2, 0.25) is 0 Å². The third-order valence-corrected chi connectivity index (χ3v) is 7.45. The van der Waals surface area contributed by atoms with Gasteiger partial charge in [-0.2, -0.15) is 5.26 Å². The molecule has 4 N–H and O–H groups in total. The van der Waals surface area contributed by atoms with Crippen LogP contribution in [0, 0.1) is 11.3 Å². The highest BCUT2D eigenvalue weighted by molar-refractivity contribution is 5.98. The number of imidazole rings is 1. The first kappa shape index (κ1) is 25.3. The zero-order chi connectivity index (χ0) is 27.9. The molecule has 11 nitrogen and oxygen atoms in total. The monoisotopic (exact) mass is 536 g/mol. The number of rotatable bonds is 7. The van der Waals surface area contributed by atoms with Gasteiger partial charge in [0.15, 0.2) is 11.5 Å². The molecule has 0 spiro atoms. The molecule has 202 valence electrons. The minimum Gasteiger partial charge on any atom is -0.457 e. The molecule has 2 fully saturated rings. The van der Waals surface area contributed by atoms with E-state index in [1.54, 1.807) is 35.2 Å². The van der Waals surface area contributed by atoms with Crippen LogP contribution in [0.1, 0.15) is 25.7 Å². The first-order valence-corrected chi connectivity index (χ1v) is 13.1. The van der Waals surface area contributed by atoms with Gasteiger partial charge in [-0.05, 0) is 68.2 Å². The van der Waals surface area contributed by atoms with E-state index >= 15 is 0 Å². The number of carbonyl (C=O) groups excluding carboxylic acids is 1. The predicted molar refractivity (Wildman–Crippen MR) is 149 cm³/mol. The highest BCUT2D eigenvalue weighted by atomic mass is 16.5. The van der Waals surface area contributed by atoms with Gasteiger partial charge in [-0.1, -0.05) is 18.2 Å². The molecule has 2 aliphatic rings. The van der Waals surface area contributed by atoms with Crippen molar-refractivity contribution in [3.05, 3.63) is 83.1 Å². The third kappa shape index (κ3) is 4.69. The molecule has 40 heavy (non-hydrogen) atoms. The van der Waals surface area contributed by atoms with Crippen molar-refractivity contribution in [1.29, 1.82) is 5.26 Å². The average molecular weight is 537 g/mol. The van der Waals surface area contributed by atoms with Gasteiger partial charge < -0.3 is 21.1 Å². The molecule has 0 unspecified atom stereocenters. The van der Waals surface area contributed by atoms with Crippen LogP contribution in [0.4, 0.5) is 5.82 Å². The first-order chi connectivity index (χ1) is 19.4. The topological polar surface area (TPSA) is 158 Å². The molecule has 0 radical (unpaired) electrons. The van der Waals surface area contributed by atoms with Crippen LogP contribution in [0.5, 0.6) is 11.5 Å². The van der Waals surface area contributed by atoms with E-state index in [9.17, 15) is 14.9 Å². The highest BCUT2D eigenvalue weighted by Crippen LogP contribution is 2.35. The van der Waals surface area contributed by atoms with E-state index in [4.69, 9.17) is 16.2 Å². The van der Waals surface area contributed by atoms with E-state index in [1.807, 2.05) is 36.4 Å². The van der Waals surface area contributed by atoms with Crippen molar-refractivity contribution in [3.8, 4) is 23.3 Å². The second-order valence-electron chi connectivity index (χ2n) is 10.3. The Hall–Kier alpha value is -4.95. The fraction of sp³-hybridized carbons (Fsp3) is 0.276. The predicted octanol–water partition coefficient (Wildman–Crippen LogP) is 2.89. The summed E-state index contributed by atoms with van der Waals surface area (Å²) in [5.41, 5.74) is 12.8. The maximum absolute atomic E-state index is 13.9. The van der Waals surface area contributed by atoms with Crippen LogP contribution in [0.3, 0.4) is 0 Å². The first-order valence-electron chi connectivity index (χ1n) is 13.1. The van der Waals surface area contributed by atoms with Crippen molar-refractivity contribution < 1.29 is 9.53 Å². The molecule has 6 rings (SSSR count). The van der Waals surface area contributed by atoms with E-state index in [0.29, 0.717) is 41.3 Å². The molecular formula is C29H28N8O3. The van der Waals surface area contributed by atoms with Crippen LogP contribution < -0.4 is 21.9 Å². The van der Waals surface area contributed by atoms with Crippen molar-refractivity contribution in [2.24, 2.45) is 5.73 Å². The Labute approximate surface area is 229 Å². The van der Waals surface area contributed by atoms with Crippen LogP contribution in [0.15, 0.2) is 77.4 Å². The fourth-order valence-electron chi connectivity index (χ4n) is 5.17. The average Bonchev–Trinajstić information content (AvgIpc) is 3.39. The summed E-state index contributed by atoms with van der Waals surface area (Å²) < 4.78 is 8.89. The highest BCUT2D eigenvalue weighted by Gasteiger charge is 2.39. The van der Waals surface area contributed by atoms with Gasteiger partial charge in [-0.25, -0.2) is 14.8 Å². The van der Waals surface area contributed by atoms with E-state index in [0.717, 1.165) is 19.3 Å². The van der Waals surface area contributed by atoms with Crippen LogP contribution in [0.25, 0.3) is 16.9 Å². The molecule has 1 aliphatic carbocycles. The summed E-state index contributed by atoms with van der Waals surface area (Å²) in [6, 6.07) is 18.2. The summed E-state index contributed by atoms with van der Waals surface area (Å²) in [4.78, 5) is 37.3. The number of hydrogen-bond donors (Lipinski definition) is 2. The van der Waals surface area contributed by atoms with Gasteiger partial charge in [0.2, 0.25) is 0 Å². The van der Waals surface area contributed by atoms with Crippen molar-refractivity contribution in [2.45, 2.75) is 43.8 Å². The summed E-state index contributed by atoms with van der Waals surface area (Å²) in [6.45, 7) is 0.694. The smallest absolute Gasteiger partial charge is 0.335 e. The lowest BCUT2D eigenvalue weighted by Crippen LogP contribution is -2.41.